The van der Waals surface area contributed by atoms with Gasteiger partial charge in [-0.05, 0) is 32.6 Å². The van der Waals surface area contributed by atoms with Gasteiger partial charge in [0.1, 0.15) is 0 Å². The Balaban J connectivity index is 2.35. The molecule has 0 amide bonds. The third kappa shape index (κ3) is 11.1. The van der Waals surface area contributed by atoms with E-state index in [1.165, 1.54) is 32.1 Å². The number of hydrogen-bond donors (Lipinski definition) is 0. The Bertz CT molecular complexity index is 742. The van der Waals surface area contributed by atoms with Gasteiger partial charge in [-0.1, -0.05) is 90.4 Å². The Labute approximate surface area is 226 Å². The SMILES string of the molecule is CCCCCCCCC(CCCCCCCCCCc1c(F)c(F)c(F)c(F)c1F)C(OC)(OC)OCC. The molecule has 38 heavy (non-hydrogen) atoms. The van der Waals surface area contributed by atoms with Crippen LogP contribution in [0.2, 0.25) is 0 Å². The summed E-state index contributed by atoms with van der Waals surface area (Å²) in [6, 6.07) is 0. The van der Waals surface area contributed by atoms with E-state index in [9.17, 15) is 22.0 Å². The van der Waals surface area contributed by atoms with Crippen LogP contribution in [0.1, 0.15) is 122 Å². The van der Waals surface area contributed by atoms with Gasteiger partial charge in [-0.2, -0.15) is 0 Å². The van der Waals surface area contributed by atoms with Crippen molar-refractivity contribution in [3.63, 3.8) is 0 Å². The Morgan fingerprint density at radius 2 is 0.947 bits per heavy atom. The zero-order chi connectivity index (χ0) is 28.4. The Hall–Kier alpha value is -1.25. The maximum absolute atomic E-state index is 13.8. The lowest BCUT2D eigenvalue weighted by atomic mass is 9.91. The van der Waals surface area contributed by atoms with E-state index in [4.69, 9.17) is 14.2 Å². The van der Waals surface area contributed by atoms with Crippen molar-refractivity contribution in [1.82, 2.24) is 0 Å². The molecule has 0 saturated heterocycles. The Morgan fingerprint density at radius 1 is 0.553 bits per heavy atom. The topological polar surface area (TPSA) is 27.7 Å². The summed E-state index contributed by atoms with van der Waals surface area (Å²) in [5, 5.41) is 0. The molecule has 0 heterocycles. The van der Waals surface area contributed by atoms with Crippen molar-refractivity contribution in [2.24, 2.45) is 5.92 Å². The minimum Gasteiger partial charge on any atom is -0.331 e. The molecule has 0 aliphatic heterocycles. The van der Waals surface area contributed by atoms with Crippen LogP contribution in [0.25, 0.3) is 0 Å². The van der Waals surface area contributed by atoms with Gasteiger partial charge in [0.05, 0.1) is 0 Å². The summed E-state index contributed by atoms with van der Waals surface area (Å²) in [4.78, 5) is 0. The highest BCUT2D eigenvalue weighted by Gasteiger charge is 2.39. The Morgan fingerprint density at radius 3 is 1.37 bits per heavy atom. The molecule has 3 nitrogen and oxygen atoms in total. The van der Waals surface area contributed by atoms with Gasteiger partial charge < -0.3 is 14.2 Å². The highest BCUT2D eigenvalue weighted by Crippen LogP contribution is 2.33. The van der Waals surface area contributed by atoms with Gasteiger partial charge in [0, 0.05) is 32.3 Å². The molecular formula is C30H49F5O3. The average molecular weight is 553 g/mol. The van der Waals surface area contributed by atoms with Gasteiger partial charge >= 0.3 is 0 Å². The van der Waals surface area contributed by atoms with Crippen LogP contribution in [0.5, 0.6) is 0 Å². The van der Waals surface area contributed by atoms with Gasteiger partial charge in [0.25, 0.3) is 5.97 Å². The third-order valence-corrected chi connectivity index (χ3v) is 7.35. The van der Waals surface area contributed by atoms with Gasteiger partial charge in [-0.25, -0.2) is 22.0 Å². The van der Waals surface area contributed by atoms with Crippen LogP contribution in [-0.2, 0) is 20.6 Å². The molecule has 222 valence electrons. The molecule has 8 heteroatoms. The van der Waals surface area contributed by atoms with Gasteiger partial charge in [0.2, 0.25) is 5.82 Å². The van der Waals surface area contributed by atoms with Crippen LogP contribution in [0, 0.1) is 35.0 Å². The summed E-state index contributed by atoms with van der Waals surface area (Å²) in [6.07, 6.45) is 16.3. The summed E-state index contributed by atoms with van der Waals surface area (Å²) in [5.74, 6) is -10.1. The summed E-state index contributed by atoms with van der Waals surface area (Å²) < 4.78 is 84.7. The number of benzene rings is 1. The monoisotopic (exact) mass is 552 g/mol. The maximum Gasteiger partial charge on any atom is 0.285 e. The van der Waals surface area contributed by atoms with Gasteiger partial charge in [0.15, 0.2) is 23.3 Å². The Kier molecular flexibility index (Phi) is 18.1. The molecule has 0 aliphatic carbocycles. The second kappa shape index (κ2) is 19.8. The number of halogens is 5. The molecule has 0 aromatic heterocycles. The van der Waals surface area contributed by atoms with Crippen molar-refractivity contribution in [2.45, 2.75) is 129 Å². The molecule has 1 aromatic rings. The number of unbranched alkanes of at least 4 members (excludes halogenated alkanes) is 12. The van der Waals surface area contributed by atoms with E-state index in [0.717, 1.165) is 57.8 Å². The lowest BCUT2D eigenvalue weighted by Gasteiger charge is -2.37. The summed E-state index contributed by atoms with van der Waals surface area (Å²) in [5.41, 5.74) is -0.716. The van der Waals surface area contributed by atoms with Crippen LogP contribution in [0.3, 0.4) is 0 Å². The number of rotatable bonds is 23. The van der Waals surface area contributed by atoms with E-state index in [2.05, 4.69) is 6.92 Å². The normalized spacial score (nSPS) is 12.9. The highest BCUT2D eigenvalue weighted by molar-refractivity contribution is 5.24. The van der Waals surface area contributed by atoms with Crippen LogP contribution in [0.15, 0.2) is 0 Å². The zero-order valence-electron chi connectivity index (χ0n) is 23.9. The lowest BCUT2D eigenvalue weighted by Crippen LogP contribution is -2.45. The molecule has 0 spiro atoms. The molecule has 0 saturated carbocycles. The molecule has 0 bridgehead atoms. The quantitative estimate of drug-likeness (QED) is 0.0445. The first kappa shape index (κ1) is 34.8. The zero-order valence-corrected chi connectivity index (χ0v) is 23.9. The van der Waals surface area contributed by atoms with Crippen LogP contribution in [0.4, 0.5) is 22.0 Å². The van der Waals surface area contributed by atoms with E-state index in [-0.39, 0.29) is 12.3 Å². The van der Waals surface area contributed by atoms with E-state index in [0.29, 0.717) is 19.4 Å². The van der Waals surface area contributed by atoms with Crippen molar-refractivity contribution < 1.29 is 36.2 Å². The van der Waals surface area contributed by atoms with Crippen molar-refractivity contribution in [2.75, 3.05) is 20.8 Å². The van der Waals surface area contributed by atoms with Crippen molar-refractivity contribution in [3.05, 3.63) is 34.6 Å². The van der Waals surface area contributed by atoms with Gasteiger partial charge in [-0.3, -0.25) is 0 Å². The predicted octanol–water partition coefficient (Wildman–Crippen LogP) is 9.79. The molecule has 0 radical (unpaired) electrons. The fraction of sp³-hybridized carbons (Fsp3) is 0.800. The largest absolute Gasteiger partial charge is 0.331 e. The van der Waals surface area contributed by atoms with E-state index >= 15 is 0 Å². The van der Waals surface area contributed by atoms with Crippen LogP contribution in [-0.4, -0.2) is 26.8 Å². The molecule has 0 N–H and O–H groups in total. The molecule has 1 rings (SSSR count). The number of ether oxygens (including phenoxy) is 3. The maximum atomic E-state index is 13.8. The van der Waals surface area contributed by atoms with Crippen molar-refractivity contribution in [3.8, 4) is 0 Å². The van der Waals surface area contributed by atoms with Crippen molar-refractivity contribution in [1.29, 1.82) is 0 Å². The molecular weight excluding hydrogens is 503 g/mol. The van der Waals surface area contributed by atoms with Crippen LogP contribution >= 0.6 is 0 Å². The van der Waals surface area contributed by atoms with E-state index < -0.39 is 40.6 Å². The smallest absolute Gasteiger partial charge is 0.285 e. The predicted molar refractivity (Wildman–Crippen MR) is 141 cm³/mol. The molecule has 1 unspecified atom stereocenters. The second-order valence-corrected chi connectivity index (χ2v) is 10.1. The summed E-state index contributed by atoms with van der Waals surface area (Å²) >= 11 is 0. The molecule has 0 fully saturated rings. The number of hydrogen-bond acceptors (Lipinski definition) is 3. The van der Waals surface area contributed by atoms with Gasteiger partial charge in [-0.15, -0.1) is 0 Å². The summed E-state index contributed by atoms with van der Waals surface area (Å²) in [6.45, 7) is 4.67. The average Bonchev–Trinajstić information content (AvgIpc) is 2.93. The van der Waals surface area contributed by atoms with Crippen molar-refractivity contribution >= 4 is 0 Å². The minimum absolute atomic E-state index is 0.158. The third-order valence-electron chi connectivity index (χ3n) is 7.35. The fourth-order valence-corrected chi connectivity index (χ4v) is 5.15. The van der Waals surface area contributed by atoms with E-state index in [1.807, 2.05) is 6.92 Å². The molecule has 1 atom stereocenters. The first-order valence-electron chi connectivity index (χ1n) is 14.5. The first-order valence-corrected chi connectivity index (χ1v) is 14.5. The number of methoxy groups -OCH3 is 2. The lowest BCUT2D eigenvalue weighted by molar-refractivity contribution is -0.388. The molecule has 0 aliphatic rings. The standard InChI is InChI=1S/C30H49F5O3/c1-5-7-8-9-14-17-20-23(30(36-3,37-4)38-6-2)21-18-15-12-10-11-13-16-19-22-24-25(31)27(33)29(35)28(34)26(24)32/h23H,5-22H2,1-4H3. The summed E-state index contributed by atoms with van der Waals surface area (Å²) in [7, 11) is 3.28. The minimum atomic E-state index is -2.11. The first-order chi connectivity index (χ1) is 18.3. The van der Waals surface area contributed by atoms with Crippen LogP contribution < -0.4 is 0 Å². The molecule has 1 aromatic carbocycles. The fourth-order valence-electron chi connectivity index (χ4n) is 5.15. The van der Waals surface area contributed by atoms with E-state index in [1.54, 1.807) is 14.2 Å². The second-order valence-electron chi connectivity index (χ2n) is 10.1. The highest BCUT2D eigenvalue weighted by atomic mass is 19.2.